The first-order chi connectivity index (χ1) is 3.63. The van der Waals surface area contributed by atoms with Crippen molar-refractivity contribution in [2.45, 2.75) is 13.8 Å². The quantitative estimate of drug-likeness (QED) is 0.323. The van der Waals surface area contributed by atoms with E-state index in [1.54, 1.807) is 13.8 Å². The van der Waals surface area contributed by atoms with Gasteiger partial charge >= 0.3 is 0 Å². The van der Waals surface area contributed by atoms with Crippen LogP contribution in [0.4, 0.5) is 0 Å². The van der Waals surface area contributed by atoms with Crippen molar-refractivity contribution in [1.29, 1.82) is 0 Å². The molecule has 0 aromatic rings. The molecule has 0 spiro atoms. The van der Waals surface area contributed by atoms with Gasteiger partial charge in [0.15, 0.2) is 0 Å². The van der Waals surface area contributed by atoms with Crippen molar-refractivity contribution in [3.63, 3.8) is 0 Å². The normalized spacial score (nSPS) is 12.4. The summed E-state index contributed by atoms with van der Waals surface area (Å²) in [4.78, 5) is 1.85. The summed E-state index contributed by atoms with van der Waals surface area (Å²) < 4.78 is 19.4. The summed E-state index contributed by atoms with van der Waals surface area (Å²) in [5.74, 6) is 0. The summed E-state index contributed by atoms with van der Waals surface area (Å²) in [6, 6.07) is 0. The standard InChI is InChI=1S/C3H8N2O2S/c1-3(2)4-5-8(6)7/h5H,1-2H3,(H,6,7)/p-1. The largest absolute Gasteiger partial charge is 0.754 e. The molecule has 0 radical (unpaired) electrons. The Morgan fingerprint density at radius 1 is 1.75 bits per heavy atom. The summed E-state index contributed by atoms with van der Waals surface area (Å²) >= 11 is -2.27. The Balaban J connectivity index is 3.45. The molecule has 0 rings (SSSR count). The van der Waals surface area contributed by atoms with Crippen LogP contribution in [0.15, 0.2) is 5.10 Å². The highest BCUT2D eigenvalue weighted by atomic mass is 32.2. The van der Waals surface area contributed by atoms with Gasteiger partial charge in [0.2, 0.25) is 0 Å². The van der Waals surface area contributed by atoms with E-state index in [4.69, 9.17) is 0 Å². The van der Waals surface area contributed by atoms with Crippen LogP contribution in [-0.2, 0) is 11.3 Å². The molecule has 0 aliphatic heterocycles. The van der Waals surface area contributed by atoms with Gasteiger partial charge in [-0.3, -0.25) is 4.21 Å². The average molecular weight is 135 g/mol. The fourth-order valence-electron chi connectivity index (χ4n) is 0.129. The zero-order chi connectivity index (χ0) is 6.57. The third kappa shape index (κ3) is 5.58. The predicted molar refractivity (Wildman–Crippen MR) is 30.8 cm³/mol. The highest BCUT2D eigenvalue weighted by molar-refractivity contribution is 7.77. The van der Waals surface area contributed by atoms with E-state index in [1.807, 2.05) is 4.83 Å². The van der Waals surface area contributed by atoms with E-state index in [9.17, 15) is 8.76 Å². The van der Waals surface area contributed by atoms with Crippen LogP contribution in [0.3, 0.4) is 0 Å². The fourth-order valence-corrected chi connectivity index (χ4v) is 0.386. The third-order valence-electron chi connectivity index (χ3n) is 0.344. The van der Waals surface area contributed by atoms with E-state index in [-0.39, 0.29) is 0 Å². The van der Waals surface area contributed by atoms with Crippen LogP contribution in [-0.4, -0.2) is 14.5 Å². The molecular weight excluding hydrogens is 128 g/mol. The second-order valence-corrected chi connectivity index (χ2v) is 2.04. The van der Waals surface area contributed by atoms with Gasteiger partial charge in [-0.2, -0.15) is 5.10 Å². The van der Waals surface area contributed by atoms with E-state index in [0.29, 0.717) is 5.71 Å². The van der Waals surface area contributed by atoms with E-state index in [1.165, 1.54) is 0 Å². The molecule has 1 atom stereocenters. The maximum absolute atomic E-state index is 9.69. The van der Waals surface area contributed by atoms with Gasteiger partial charge in [-0.05, 0) is 13.8 Å². The van der Waals surface area contributed by atoms with E-state index >= 15 is 0 Å². The lowest BCUT2D eigenvalue weighted by Gasteiger charge is -2.00. The molecule has 1 N–H and O–H groups in total. The molecule has 0 heterocycles. The van der Waals surface area contributed by atoms with Gasteiger partial charge in [0.25, 0.3) is 0 Å². The van der Waals surface area contributed by atoms with Crippen LogP contribution in [0.1, 0.15) is 13.8 Å². The minimum absolute atomic E-state index is 0.675. The number of hydrogen-bond acceptors (Lipinski definition) is 3. The van der Waals surface area contributed by atoms with E-state index in [0.717, 1.165) is 0 Å². The molecule has 0 aliphatic rings. The fraction of sp³-hybridized carbons (Fsp3) is 0.667. The Bertz CT molecular complexity index is 118. The van der Waals surface area contributed by atoms with Crippen molar-refractivity contribution >= 4 is 17.0 Å². The molecule has 48 valence electrons. The molecule has 0 aromatic heterocycles. The molecule has 0 amide bonds. The summed E-state index contributed by atoms with van der Waals surface area (Å²) in [5, 5.41) is 3.38. The van der Waals surface area contributed by atoms with Gasteiger partial charge in [-0.25, -0.2) is 4.83 Å². The molecule has 0 bridgehead atoms. The molecule has 8 heavy (non-hydrogen) atoms. The lowest BCUT2D eigenvalue weighted by molar-refractivity contribution is 0.525. The number of nitrogens with zero attached hydrogens (tertiary/aromatic N) is 1. The van der Waals surface area contributed by atoms with E-state index < -0.39 is 11.3 Å². The highest BCUT2D eigenvalue weighted by Crippen LogP contribution is 1.69. The molecule has 5 heteroatoms. The molecular formula is C3H7N2O2S-. The zero-order valence-corrected chi connectivity index (χ0v) is 5.49. The predicted octanol–water partition coefficient (Wildman–Crippen LogP) is -0.234. The van der Waals surface area contributed by atoms with Gasteiger partial charge in [0.05, 0.1) is 11.3 Å². The zero-order valence-electron chi connectivity index (χ0n) is 4.67. The van der Waals surface area contributed by atoms with Crippen LogP contribution in [0.2, 0.25) is 0 Å². The average Bonchev–Trinajstić information content (AvgIpc) is 1.61. The summed E-state index contributed by atoms with van der Waals surface area (Å²) in [6.07, 6.45) is 0. The SMILES string of the molecule is CC(C)=NNS(=O)[O-]. The summed E-state index contributed by atoms with van der Waals surface area (Å²) in [6.45, 7) is 3.39. The van der Waals surface area contributed by atoms with Crippen molar-refractivity contribution in [2.75, 3.05) is 0 Å². The summed E-state index contributed by atoms with van der Waals surface area (Å²) in [7, 11) is 0. The number of hydrogen-bond donors (Lipinski definition) is 1. The van der Waals surface area contributed by atoms with Crippen molar-refractivity contribution in [1.82, 2.24) is 4.83 Å². The highest BCUT2D eigenvalue weighted by Gasteiger charge is 1.74. The summed E-state index contributed by atoms with van der Waals surface area (Å²) in [5.41, 5.74) is 0.675. The molecule has 4 nitrogen and oxygen atoms in total. The van der Waals surface area contributed by atoms with Crippen LogP contribution in [0, 0.1) is 0 Å². The van der Waals surface area contributed by atoms with Crippen LogP contribution < -0.4 is 4.83 Å². The van der Waals surface area contributed by atoms with Gasteiger partial charge in [-0.15, -0.1) is 0 Å². The van der Waals surface area contributed by atoms with E-state index in [2.05, 4.69) is 5.10 Å². The van der Waals surface area contributed by atoms with Crippen LogP contribution in [0.25, 0.3) is 0 Å². The van der Waals surface area contributed by atoms with Gasteiger partial charge in [0.1, 0.15) is 0 Å². The van der Waals surface area contributed by atoms with Gasteiger partial charge < -0.3 is 4.55 Å². The number of hydrazone groups is 1. The molecule has 0 aromatic carbocycles. The first-order valence-corrected chi connectivity index (χ1v) is 3.06. The second kappa shape index (κ2) is 3.57. The Labute approximate surface area is 50.4 Å². The third-order valence-corrected chi connectivity index (χ3v) is 0.584. The maximum Gasteiger partial charge on any atom is 0.0613 e. The Morgan fingerprint density at radius 3 is 2.38 bits per heavy atom. The first-order valence-electron chi connectivity index (χ1n) is 1.98. The first kappa shape index (κ1) is 7.58. The second-order valence-electron chi connectivity index (χ2n) is 1.39. The van der Waals surface area contributed by atoms with Crippen LogP contribution in [0.5, 0.6) is 0 Å². The number of nitrogens with one attached hydrogen (secondary N) is 1. The van der Waals surface area contributed by atoms with Gasteiger partial charge in [0, 0.05) is 5.71 Å². The number of rotatable bonds is 2. The monoisotopic (exact) mass is 135 g/mol. The lowest BCUT2D eigenvalue weighted by atomic mass is 10.5. The Morgan fingerprint density at radius 2 is 2.25 bits per heavy atom. The van der Waals surface area contributed by atoms with Crippen molar-refractivity contribution in [2.24, 2.45) is 5.10 Å². The van der Waals surface area contributed by atoms with Gasteiger partial charge in [-0.1, -0.05) is 0 Å². The van der Waals surface area contributed by atoms with Crippen LogP contribution >= 0.6 is 0 Å². The Hall–Kier alpha value is -0.420. The maximum atomic E-state index is 9.69. The molecule has 0 saturated carbocycles. The molecule has 0 aliphatic carbocycles. The lowest BCUT2D eigenvalue weighted by Crippen LogP contribution is -2.09. The molecule has 0 saturated heterocycles. The molecule has 1 unspecified atom stereocenters. The smallest absolute Gasteiger partial charge is 0.0613 e. The van der Waals surface area contributed by atoms with Crippen molar-refractivity contribution < 1.29 is 8.76 Å². The topological polar surface area (TPSA) is 64.5 Å². The van der Waals surface area contributed by atoms with Crippen molar-refractivity contribution in [3.8, 4) is 0 Å². The van der Waals surface area contributed by atoms with Crippen molar-refractivity contribution in [3.05, 3.63) is 0 Å². The Kier molecular flexibility index (Phi) is 3.38. The minimum atomic E-state index is -2.27. The molecule has 0 fully saturated rings. The minimum Gasteiger partial charge on any atom is -0.754 e.